The van der Waals surface area contributed by atoms with E-state index in [0.717, 1.165) is 6.07 Å². The Bertz CT molecular complexity index is 897. The first kappa shape index (κ1) is 16.5. The van der Waals surface area contributed by atoms with E-state index in [9.17, 15) is 19.2 Å². The zero-order chi connectivity index (χ0) is 18.0. The monoisotopic (exact) mass is 374 g/mol. The summed E-state index contributed by atoms with van der Waals surface area (Å²) in [6, 6.07) is 1.11. The summed E-state index contributed by atoms with van der Waals surface area (Å²) in [5.74, 6) is -1.62. The Morgan fingerprint density at radius 3 is 2.68 bits per heavy atom. The number of hydrogen-bond acceptors (Lipinski definition) is 7. The van der Waals surface area contributed by atoms with Crippen LogP contribution in [0.3, 0.4) is 0 Å². The Morgan fingerprint density at radius 2 is 2.08 bits per heavy atom. The number of hydrogen-bond donors (Lipinski definition) is 2. The Kier molecular flexibility index (Phi) is 3.33. The lowest BCUT2D eigenvalue weighted by atomic mass is 9.46. The number of alkyl halides is 1. The van der Waals surface area contributed by atoms with Crippen LogP contribution in [0.4, 0.5) is 4.39 Å². The van der Waals surface area contributed by atoms with Crippen LogP contribution in [-0.2, 0) is 9.09 Å². The number of halogens is 1. The predicted octanol–water partition coefficient (Wildman–Crippen LogP) is -2.13. The predicted molar refractivity (Wildman–Crippen MR) is 72.7 cm³/mol. The maximum atomic E-state index is 13.8. The van der Waals surface area contributed by atoms with E-state index < -0.39 is 43.2 Å². The molecule has 2 bridgehead atoms. The van der Waals surface area contributed by atoms with Crippen LogP contribution in [0, 0.1) is 0 Å². The summed E-state index contributed by atoms with van der Waals surface area (Å²) < 4.78 is 34.8. The molecule has 3 aliphatic carbocycles. The minimum Gasteiger partial charge on any atom is -0.870 e. The molecule has 0 unspecified atom stereocenters. The number of nitrogens with zero attached hydrogens (tertiary/aromatic N) is 3. The van der Waals surface area contributed by atoms with E-state index in [1.807, 2.05) is 0 Å². The summed E-state index contributed by atoms with van der Waals surface area (Å²) >= 11 is 0. The number of ether oxygens (including phenoxy) is 1. The van der Waals surface area contributed by atoms with Gasteiger partial charge in [-0.15, -0.1) is 0 Å². The highest BCUT2D eigenvalue weighted by Crippen LogP contribution is 2.66. The van der Waals surface area contributed by atoms with Crippen molar-refractivity contribution in [2.75, 3.05) is 13.5 Å². The number of aromatic nitrogens is 1. The van der Waals surface area contributed by atoms with Crippen molar-refractivity contribution in [3.8, 4) is 11.5 Å². The molecule has 0 amide bonds. The molecule has 0 spiro atoms. The maximum absolute atomic E-state index is 13.8. The van der Waals surface area contributed by atoms with Gasteiger partial charge in [0.15, 0.2) is 12.4 Å². The minimum absolute atomic E-state index is 0.0310. The standard InChI is InChI=1S/C13H14FN3O7P/c14-12-3-13(4-12,5-12)16-6-15-17-2-1-8(18)10(9(17)11(16)19)23-7-24-25(20,21)22/h1-2H,3-7H2,(H2,20,21,22)/q-1. The summed E-state index contributed by atoms with van der Waals surface area (Å²) in [5, 5.41) is 28.9. The van der Waals surface area contributed by atoms with Gasteiger partial charge in [-0.25, -0.2) is 13.5 Å². The van der Waals surface area contributed by atoms with Gasteiger partial charge in [0, 0.05) is 31.2 Å². The molecule has 0 saturated heterocycles. The van der Waals surface area contributed by atoms with Gasteiger partial charge < -0.3 is 29.6 Å². The molecular formula is C13H14FN3O7P-. The first-order chi connectivity index (χ1) is 11.6. The Morgan fingerprint density at radius 1 is 1.40 bits per heavy atom. The van der Waals surface area contributed by atoms with Crippen LogP contribution in [0.25, 0.3) is 5.88 Å². The van der Waals surface area contributed by atoms with Gasteiger partial charge >= 0.3 is 7.82 Å². The van der Waals surface area contributed by atoms with Gasteiger partial charge in [0.25, 0.3) is 5.35 Å². The largest absolute Gasteiger partial charge is 0.870 e. The number of pyridine rings is 1. The molecule has 3 fully saturated rings. The SMILES string of the molecule is O=P(O)(O)OCOc1c([O-])cc[n+]2c1=C([O-])N(C13CC(F)(C1)C3)CN=2. The molecule has 1 aromatic rings. The summed E-state index contributed by atoms with van der Waals surface area (Å²) in [5.41, 5.74) is -1.78. The van der Waals surface area contributed by atoms with Gasteiger partial charge in [-0.1, -0.05) is 10.1 Å². The summed E-state index contributed by atoms with van der Waals surface area (Å²) in [4.78, 5) is 18.8. The van der Waals surface area contributed by atoms with E-state index in [1.54, 1.807) is 0 Å². The van der Waals surface area contributed by atoms with Gasteiger partial charge in [0.2, 0.25) is 13.0 Å². The van der Waals surface area contributed by atoms with Gasteiger partial charge in [0.05, 0.1) is 5.54 Å². The molecule has 25 heavy (non-hydrogen) atoms. The van der Waals surface area contributed by atoms with Crippen LogP contribution < -0.4 is 24.7 Å². The lowest BCUT2D eigenvalue weighted by Gasteiger charge is -2.70. The van der Waals surface area contributed by atoms with Crippen molar-refractivity contribution in [2.24, 2.45) is 5.11 Å². The van der Waals surface area contributed by atoms with Crippen molar-refractivity contribution in [3.05, 3.63) is 17.6 Å². The van der Waals surface area contributed by atoms with Crippen molar-refractivity contribution in [1.29, 1.82) is 0 Å². The Hall–Kier alpha value is -1.94. The number of rotatable bonds is 5. The molecule has 2 heterocycles. The third-order valence-electron chi connectivity index (χ3n) is 4.77. The molecule has 5 rings (SSSR count). The van der Waals surface area contributed by atoms with Gasteiger partial charge in [-0.3, -0.25) is 0 Å². The van der Waals surface area contributed by atoms with Gasteiger partial charge in [-0.05, 0) is 5.11 Å². The number of fused-ring (bicyclic) bond motifs is 1. The van der Waals surface area contributed by atoms with E-state index in [2.05, 4.69) is 9.64 Å². The fourth-order valence-electron chi connectivity index (χ4n) is 3.70. The van der Waals surface area contributed by atoms with Crippen molar-refractivity contribution in [3.63, 3.8) is 0 Å². The zero-order valence-corrected chi connectivity index (χ0v) is 13.7. The summed E-state index contributed by atoms with van der Waals surface area (Å²) in [6.45, 7) is -0.883. The second kappa shape index (κ2) is 5.04. The topological polar surface area (TPSA) is 144 Å². The second-order valence-electron chi connectivity index (χ2n) is 6.51. The van der Waals surface area contributed by atoms with E-state index >= 15 is 0 Å². The molecule has 3 saturated carbocycles. The lowest BCUT2D eigenvalue weighted by molar-refractivity contribution is -0.577. The Balaban J connectivity index is 1.70. The highest BCUT2D eigenvalue weighted by Gasteiger charge is 2.72. The third-order valence-corrected chi connectivity index (χ3v) is 5.22. The van der Waals surface area contributed by atoms with Crippen molar-refractivity contribution in [2.45, 2.75) is 30.5 Å². The maximum Gasteiger partial charge on any atom is 0.472 e. The molecule has 0 aromatic carbocycles. The van der Waals surface area contributed by atoms with Crippen molar-refractivity contribution < 1.29 is 42.6 Å². The fraction of sp³-hybridized carbons (Fsp3) is 0.538. The van der Waals surface area contributed by atoms with Crippen LogP contribution in [-0.4, -0.2) is 39.4 Å². The van der Waals surface area contributed by atoms with Crippen LogP contribution in [0.1, 0.15) is 19.3 Å². The van der Waals surface area contributed by atoms with Gasteiger partial charge in [0.1, 0.15) is 5.67 Å². The average molecular weight is 374 g/mol. The van der Waals surface area contributed by atoms with E-state index in [1.165, 1.54) is 15.5 Å². The molecule has 10 nitrogen and oxygen atoms in total. The quantitative estimate of drug-likeness (QED) is 0.338. The number of phosphoric ester groups is 1. The smallest absolute Gasteiger partial charge is 0.472 e. The van der Waals surface area contributed by atoms with Crippen LogP contribution in [0.2, 0.25) is 0 Å². The Labute approximate surface area is 140 Å². The molecule has 2 N–H and O–H groups in total. The highest BCUT2D eigenvalue weighted by atomic mass is 31.2. The second-order valence-corrected chi connectivity index (χ2v) is 7.75. The molecule has 0 atom stereocenters. The van der Waals surface area contributed by atoms with E-state index in [-0.39, 0.29) is 31.3 Å². The van der Waals surface area contributed by atoms with Crippen molar-refractivity contribution >= 4 is 13.7 Å². The normalized spacial score (nSPS) is 30.0. The number of phosphoric acid groups is 1. The average Bonchev–Trinajstić information content (AvgIpc) is 2.45. The first-order valence-electron chi connectivity index (χ1n) is 7.40. The van der Waals surface area contributed by atoms with Crippen LogP contribution in [0.5, 0.6) is 11.5 Å². The van der Waals surface area contributed by atoms with E-state index in [0.29, 0.717) is 0 Å². The molecule has 12 heteroatoms. The van der Waals surface area contributed by atoms with E-state index in [4.69, 9.17) is 14.5 Å². The molecule has 0 radical (unpaired) electrons. The highest BCUT2D eigenvalue weighted by molar-refractivity contribution is 7.46. The molecule has 4 aliphatic rings. The minimum atomic E-state index is -4.79. The molecular weight excluding hydrogens is 360 g/mol. The molecule has 136 valence electrons. The lowest BCUT2D eigenvalue weighted by Crippen LogP contribution is -2.78. The summed E-state index contributed by atoms with van der Waals surface area (Å²) in [7, 11) is -4.79. The van der Waals surface area contributed by atoms with Crippen molar-refractivity contribution in [1.82, 2.24) is 4.90 Å². The zero-order valence-electron chi connectivity index (χ0n) is 12.8. The van der Waals surface area contributed by atoms with Gasteiger partial charge in [-0.2, -0.15) is 0 Å². The first-order valence-corrected chi connectivity index (χ1v) is 8.93. The third kappa shape index (κ3) is 2.54. The molecule has 1 aliphatic heterocycles. The summed E-state index contributed by atoms with van der Waals surface area (Å²) in [6.07, 6.45) is 2.03. The molecule has 1 aromatic heterocycles. The van der Waals surface area contributed by atoms with Crippen LogP contribution >= 0.6 is 7.82 Å². The van der Waals surface area contributed by atoms with Crippen LogP contribution in [0.15, 0.2) is 17.4 Å². The fourth-order valence-corrected chi connectivity index (χ4v) is 3.89.